The van der Waals surface area contributed by atoms with Crippen LogP contribution in [0.15, 0.2) is 42.7 Å². The maximum atomic E-state index is 13.8. The van der Waals surface area contributed by atoms with Crippen LogP contribution in [0.4, 0.5) is 10.1 Å². The smallest absolute Gasteiger partial charge is 0.140 e. The molecule has 1 fully saturated rings. The Balaban J connectivity index is 1.53. The normalized spacial score (nSPS) is 14.5. The van der Waals surface area contributed by atoms with E-state index < -0.39 is 0 Å². The highest BCUT2D eigenvalue weighted by molar-refractivity contribution is 5.94. The lowest BCUT2D eigenvalue weighted by molar-refractivity contribution is 0.170. The first-order valence-electron chi connectivity index (χ1n) is 8.94. The van der Waals surface area contributed by atoms with E-state index in [2.05, 4.69) is 20.9 Å². The van der Waals surface area contributed by atoms with Crippen molar-refractivity contribution in [3.63, 3.8) is 0 Å². The number of benzene rings is 1. The van der Waals surface area contributed by atoms with Gasteiger partial charge in [-0.3, -0.25) is 4.98 Å². The molecular formula is C21H16FN5O. The number of halogens is 1. The molecule has 0 saturated carbocycles. The number of hydrogen-bond acceptors (Lipinski definition) is 6. The Hall–Kier alpha value is -3.71. The molecule has 0 amide bonds. The summed E-state index contributed by atoms with van der Waals surface area (Å²) in [6.07, 6.45) is 4.62. The zero-order valence-electron chi connectivity index (χ0n) is 15.0. The van der Waals surface area contributed by atoms with E-state index in [0.29, 0.717) is 41.0 Å². The van der Waals surface area contributed by atoms with E-state index in [1.807, 2.05) is 6.07 Å². The summed E-state index contributed by atoms with van der Waals surface area (Å²) >= 11 is 0. The molecule has 7 heteroatoms. The van der Waals surface area contributed by atoms with Crippen LogP contribution in [-0.2, 0) is 0 Å². The zero-order chi connectivity index (χ0) is 19.5. The summed E-state index contributed by atoms with van der Waals surface area (Å²) in [6, 6.07) is 12.0. The Morgan fingerprint density at radius 2 is 1.86 bits per heavy atom. The minimum Gasteiger partial charge on any atom is -0.489 e. The zero-order valence-corrected chi connectivity index (χ0v) is 15.0. The van der Waals surface area contributed by atoms with Gasteiger partial charge in [0.2, 0.25) is 0 Å². The van der Waals surface area contributed by atoms with Gasteiger partial charge in [-0.2, -0.15) is 10.5 Å². The van der Waals surface area contributed by atoms with Gasteiger partial charge in [0.05, 0.1) is 23.0 Å². The molecule has 3 heterocycles. The number of nitriles is 2. The van der Waals surface area contributed by atoms with E-state index in [1.54, 1.807) is 30.6 Å². The van der Waals surface area contributed by atoms with E-state index in [4.69, 9.17) is 10.00 Å². The summed E-state index contributed by atoms with van der Waals surface area (Å²) in [5, 5.41) is 19.0. The van der Waals surface area contributed by atoms with Crippen molar-refractivity contribution in [2.75, 3.05) is 18.0 Å². The third-order valence-corrected chi connectivity index (χ3v) is 4.83. The summed E-state index contributed by atoms with van der Waals surface area (Å²) < 4.78 is 19.8. The predicted molar refractivity (Wildman–Crippen MR) is 101 cm³/mol. The topological polar surface area (TPSA) is 85.8 Å². The standard InChI is InChI=1S/C21H16FN5O/c22-15-1-4-20-19(9-15)21(14(10-23)12-26-20)27-7-5-17(6-8-27)28-18-3-2-16(11-24)25-13-18/h1-4,9,12-13,17H,5-8H2. The van der Waals surface area contributed by atoms with Crippen LogP contribution in [0, 0.1) is 28.5 Å². The van der Waals surface area contributed by atoms with Gasteiger partial charge in [0.15, 0.2) is 0 Å². The molecule has 0 unspecified atom stereocenters. The Labute approximate surface area is 161 Å². The predicted octanol–water partition coefficient (Wildman–Crippen LogP) is 3.56. The molecule has 1 aliphatic heterocycles. The van der Waals surface area contributed by atoms with Gasteiger partial charge in [-0.15, -0.1) is 0 Å². The fourth-order valence-corrected chi connectivity index (χ4v) is 3.48. The number of nitrogens with zero attached hydrogens (tertiary/aromatic N) is 5. The van der Waals surface area contributed by atoms with Crippen molar-refractivity contribution < 1.29 is 9.13 Å². The van der Waals surface area contributed by atoms with Crippen molar-refractivity contribution in [1.82, 2.24) is 9.97 Å². The van der Waals surface area contributed by atoms with Crippen LogP contribution in [0.5, 0.6) is 5.75 Å². The summed E-state index contributed by atoms with van der Waals surface area (Å²) in [5.74, 6) is 0.281. The molecule has 0 bridgehead atoms. The lowest BCUT2D eigenvalue weighted by Crippen LogP contribution is -2.38. The first kappa shape index (κ1) is 17.7. The van der Waals surface area contributed by atoms with Crippen molar-refractivity contribution >= 4 is 16.6 Å². The minimum absolute atomic E-state index is 0.0151. The summed E-state index contributed by atoms with van der Waals surface area (Å²) in [7, 11) is 0. The van der Waals surface area contributed by atoms with Crippen LogP contribution in [0.25, 0.3) is 10.9 Å². The molecule has 2 aromatic heterocycles. The van der Waals surface area contributed by atoms with E-state index >= 15 is 0 Å². The van der Waals surface area contributed by atoms with Crippen LogP contribution in [0.3, 0.4) is 0 Å². The highest BCUT2D eigenvalue weighted by atomic mass is 19.1. The van der Waals surface area contributed by atoms with Gasteiger partial charge in [0.1, 0.15) is 35.5 Å². The van der Waals surface area contributed by atoms with Crippen molar-refractivity contribution in [1.29, 1.82) is 10.5 Å². The van der Waals surface area contributed by atoms with Gasteiger partial charge in [0.25, 0.3) is 0 Å². The second-order valence-corrected chi connectivity index (χ2v) is 6.59. The van der Waals surface area contributed by atoms with Crippen molar-refractivity contribution in [3.05, 3.63) is 59.8 Å². The van der Waals surface area contributed by atoms with Crippen LogP contribution in [-0.4, -0.2) is 29.2 Å². The van der Waals surface area contributed by atoms with Gasteiger partial charge < -0.3 is 9.64 Å². The highest BCUT2D eigenvalue weighted by Crippen LogP contribution is 2.32. The SMILES string of the molecule is N#Cc1ccc(OC2CCN(c3c(C#N)cnc4ccc(F)cc34)CC2)cn1. The molecule has 138 valence electrons. The fraction of sp³-hybridized carbons (Fsp3) is 0.238. The molecule has 1 aliphatic rings. The molecule has 3 aromatic rings. The lowest BCUT2D eigenvalue weighted by atomic mass is 10.0. The minimum atomic E-state index is -0.350. The molecule has 0 atom stereocenters. The third kappa shape index (κ3) is 3.43. The number of ether oxygens (including phenoxy) is 1. The average Bonchev–Trinajstić information content (AvgIpc) is 2.74. The Morgan fingerprint density at radius 3 is 2.54 bits per heavy atom. The number of anilines is 1. The molecule has 0 aliphatic carbocycles. The lowest BCUT2D eigenvalue weighted by Gasteiger charge is -2.34. The molecule has 0 radical (unpaired) electrons. The van der Waals surface area contributed by atoms with Gasteiger partial charge in [-0.25, -0.2) is 9.37 Å². The maximum Gasteiger partial charge on any atom is 0.140 e. The number of aromatic nitrogens is 2. The largest absolute Gasteiger partial charge is 0.489 e. The van der Waals surface area contributed by atoms with Gasteiger partial charge >= 0.3 is 0 Å². The first-order valence-corrected chi connectivity index (χ1v) is 8.94. The number of fused-ring (bicyclic) bond motifs is 1. The third-order valence-electron chi connectivity index (χ3n) is 4.83. The quantitative estimate of drug-likeness (QED) is 0.698. The van der Waals surface area contributed by atoms with Crippen molar-refractivity contribution in [2.45, 2.75) is 18.9 Å². The molecule has 6 nitrogen and oxygen atoms in total. The number of hydrogen-bond donors (Lipinski definition) is 0. The van der Waals surface area contributed by atoms with Crippen molar-refractivity contribution in [2.24, 2.45) is 0 Å². The van der Waals surface area contributed by atoms with E-state index in [-0.39, 0.29) is 11.9 Å². The molecule has 1 saturated heterocycles. The number of rotatable bonds is 3. The van der Waals surface area contributed by atoms with E-state index in [9.17, 15) is 9.65 Å². The monoisotopic (exact) mass is 373 g/mol. The average molecular weight is 373 g/mol. The van der Waals surface area contributed by atoms with Gasteiger partial charge in [0, 0.05) is 37.5 Å². The molecule has 0 spiro atoms. The number of piperidine rings is 1. The Kier molecular flexibility index (Phi) is 4.74. The first-order chi connectivity index (χ1) is 13.7. The van der Waals surface area contributed by atoms with Crippen LogP contribution >= 0.6 is 0 Å². The number of pyridine rings is 2. The highest BCUT2D eigenvalue weighted by Gasteiger charge is 2.24. The van der Waals surface area contributed by atoms with E-state index in [1.165, 1.54) is 12.1 Å². The second kappa shape index (κ2) is 7.50. The second-order valence-electron chi connectivity index (χ2n) is 6.59. The Bertz CT molecular complexity index is 1090. The van der Waals surface area contributed by atoms with Crippen LogP contribution in [0.1, 0.15) is 24.1 Å². The Morgan fingerprint density at radius 1 is 1.04 bits per heavy atom. The molecule has 28 heavy (non-hydrogen) atoms. The van der Waals surface area contributed by atoms with Crippen molar-refractivity contribution in [3.8, 4) is 17.9 Å². The van der Waals surface area contributed by atoms with E-state index in [0.717, 1.165) is 18.5 Å². The molecule has 4 rings (SSSR count). The van der Waals surface area contributed by atoms with Gasteiger partial charge in [-0.1, -0.05) is 0 Å². The summed E-state index contributed by atoms with van der Waals surface area (Å²) in [4.78, 5) is 10.4. The molecule has 0 N–H and O–H groups in total. The fourth-order valence-electron chi connectivity index (χ4n) is 3.48. The molecular weight excluding hydrogens is 357 g/mol. The van der Waals surface area contributed by atoms with Crippen LogP contribution in [0.2, 0.25) is 0 Å². The maximum absolute atomic E-state index is 13.8. The summed E-state index contributed by atoms with van der Waals surface area (Å²) in [6.45, 7) is 1.36. The van der Waals surface area contributed by atoms with Crippen LogP contribution < -0.4 is 9.64 Å². The summed E-state index contributed by atoms with van der Waals surface area (Å²) in [5.41, 5.74) is 2.18. The van der Waals surface area contributed by atoms with Gasteiger partial charge in [-0.05, 0) is 30.3 Å². The molecule has 1 aromatic carbocycles.